The third-order valence-electron chi connectivity index (χ3n) is 2.71. The maximum Gasteiger partial charge on any atom is 0.421 e. The summed E-state index contributed by atoms with van der Waals surface area (Å²) < 4.78 is 5.08. The fourth-order valence-corrected chi connectivity index (χ4v) is 1.66. The number of hydrogen-bond acceptors (Lipinski definition) is 3. The molecule has 0 unspecified atom stereocenters. The third-order valence-corrected chi connectivity index (χ3v) is 2.71. The van der Waals surface area contributed by atoms with Crippen LogP contribution in [-0.2, 0) is 9.59 Å². The van der Waals surface area contributed by atoms with Crippen LogP contribution < -0.4 is 9.64 Å². The van der Waals surface area contributed by atoms with E-state index in [9.17, 15) is 9.59 Å². The zero-order valence-electron chi connectivity index (χ0n) is 11.3. The zero-order chi connectivity index (χ0) is 14.6. The summed E-state index contributed by atoms with van der Waals surface area (Å²) in [5.74, 6) is -0.585. The fourth-order valence-electron chi connectivity index (χ4n) is 1.66. The molecule has 0 saturated carbocycles. The third kappa shape index (κ3) is 3.05. The summed E-state index contributed by atoms with van der Waals surface area (Å²) in [7, 11) is 3.06. The Morgan fingerprint density at radius 1 is 1.37 bits per heavy atom. The number of ether oxygens (including phenoxy) is 1. The average Bonchev–Trinajstić information content (AvgIpc) is 2.37. The molecule has 0 spiro atoms. The minimum atomic E-state index is -0.664. The summed E-state index contributed by atoms with van der Waals surface area (Å²) in [6.07, 6.45) is 0. The van der Waals surface area contributed by atoms with Crippen molar-refractivity contribution < 1.29 is 19.1 Å². The summed E-state index contributed by atoms with van der Waals surface area (Å²) in [6.45, 7) is 2.98. The topological polar surface area (TPSA) is 83.0 Å². The van der Waals surface area contributed by atoms with Crippen molar-refractivity contribution in [3.63, 3.8) is 0 Å². The van der Waals surface area contributed by atoms with Gasteiger partial charge in [0.2, 0.25) is 5.78 Å². The molecule has 1 aromatic carbocycles. The lowest BCUT2D eigenvalue weighted by Crippen LogP contribution is -2.37. The molecule has 0 saturated heterocycles. The first kappa shape index (κ1) is 14.6. The van der Waals surface area contributed by atoms with Gasteiger partial charge in [-0.25, -0.2) is 0 Å². The second kappa shape index (κ2) is 5.93. The molecule has 0 fully saturated rings. The highest BCUT2D eigenvalue weighted by Gasteiger charge is 2.30. The van der Waals surface area contributed by atoms with Crippen LogP contribution in [0.2, 0.25) is 0 Å². The molecule has 0 aromatic heterocycles. The molecule has 100 valence electrons. The van der Waals surface area contributed by atoms with Gasteiger partial charge < -0.3 is 15.2 Å². The van der Waals surface area contributed by atoms with Gasteiger partial charge in [-0.15, -0.1) is 0 Å². The Balaban J connectivity index is 3.14. The Morgan fingerprint density at radius 3 is 2.42 bits per heavy atom. The fraction of sp³-hybridized carbons (Fsp3) is 0.308. The predicted octanol–water partition coefficient (Wildman–Crippen LogP) is 1.23. The van der Waals surface area contributed by atoms with Crippen LogP contribution in [0.5, 0.6) is 5.75 Å². The molecule has 0 bridgehead atoms. The number of benzene rings is 1. The minimum Gasteiger partial charge on any atom is -0.497 e. The van der Waals surface area contributed by atoms with Crippen LogP contribution in [0, 0.1) is 6.92 Å². The van der Waals surface area contributed by atoms with Crippen molar-refractivity contribution in [2.45, 2.75) is 13.8 Å². The molecule has 0 heterocycles. The lowest BCUT2D eigenvalue weighted by molar-refractivity contribution is -0.122. The van der Waals surface area contributed by atoms with Crippen LogP contribution in [0.3, 0.4) is 0 Å². The molecule has 1 rings (SSSR count). The summed E-state index contributed by atoms with van der Waals surface area (Å²) in [6, 6.07) is 5.17. The molecule has 0 aliphatic heterocycles. The molecule has 6 heteroatoms. The molecule has 0 radical (unpaired) electrons. The van der Waals surface area contributed by atoms with E-state index in [4.69, 9.17) is 10.3 Å². The van der Waals surface area contributed by atoms with Crippen molar-refractivity contribution in [3.8, 4) is 5.75 Å². The molecule has 1 amide bonds. The molecule has 1 aromatic rings. The van der Waals surface area contributed by atoms with Crippen molar-refractivity contribution in [2.75, 3.05) is 19.1 Å². The van der Waals surface area contributed by atoms with E-state index in [1.165, 1.54) is 18.9 Å². The van der Waals surface area contributed by atoms with Crippen molar-refractivity contribution in [1.82, 2.24) is 0 Å². The first-order valence-corrected chi connectivity index (χ1v) is 5.58. The van der Waals surface area contributed by atoms with E-state index in [2.05, 4.69) is 4.79 Å². The second-order valence-corrected chi connectivity index (χ2v) is 4.02. The van der Waals surface area contributed by atoms with Gasteiger partial charge in [-0.05, 0) is 30.7 Å². The summed E-state index contributed by atoms with van der Waals surface area (Å²) in [4.78, 5) is 27.2. The summed E-state index contributed by atoms with van der Waals surface area (Å²) in [5.41, 5.74) is 9.62. The van der Waals surface area contributed by atoms with Crippen LogP contribution in [0.15, 0.2) is 18.2 Å². The van der Waals surface area contributed by atoms with E-state index in [-0.39, 0.29) is 0 Å². The zero-order valence-corrected chi connectivity index (χ0v) is 11.3. The van der Waals surface area contributed by atoms with Crippen LogP contribution >= 0.6 is 0 Å². The smallest absolute Gasteiger partial charge is 0.421 e. The Kier molecular flexibility index (Phi) is 4.56. The second-order valence-electron chi connectivity index (χ2n) is 4.02. The van der Waals surface area contributed by atoms with E-state index in [0.29, 0.717) is 11.4 Å². The number of ketones is 1. The van der Waals surface area contributed by atoms with E-state index >= 15 is 0 Å². The van der Waals surface area contributed by atoms with Gasteiger partial charge >= 0.3 is 11.6 Å². The van der Waals surface area contributed by atoms with Crippen molar-refractivity contribution in [2.24, 2.45) is 0 Å². The molecule has 0 N–H and O–H groups in total. The monoisotopic (exact) mass is 261 g/mol. The largest absolute Gasteiger partial charge is 0.497 e. The Labute approximate surface area is 111 Å². The molecular weight excluding hydrogens is 246 g/mol. The standard InChI is InChI=1S/C13H15N3O3/c1-8-7-10(19-4)5-6-11(8)16(3)13(18)12(15-14)9(2)17/h5-7H,1-4H3. The maximum absolute atomic E-state index is 12.0. The van der Waals surface area contributed by atoms with Gasteiger partial charge in [0.15, 0.2) is 0 Å². The normalized spacial score (nSPS) is 9.47. The predicted molar refractivity (Wildman–Crippen MR) is 70.4 cm³/mol. The van der Waals surface area contributed by atoms with Crippen LogP contribution in [0.1, 0.15) is 12.5 Å². The first-order chi connectivity index (χ1) is 8.92. The van der Waals surface area contributed by atoms with Gasteiger partial charge in [-0.2, -0.15) is 4.79 Å². The molecule has 0 aliphatic carbocycles. The maximum atomic E-state index is 12.0. The highest BCUT2D eigenvalue weighted by atomic mass is 16.5. The van der Waals surface area contributed by atoms with E-state index in [0.717, 1.165) is 5.56 Å². The van der Waals surface area contributed by atoms with Gasteiger partial charge in [0.05, 0.1) is 7.11 Å². The van der Waals surface area contributed by atoms with Gasteiger partial charge in [0.1, 0.15) is 5.75 Å². The average molecular weight is 261 g/mol. The van der Waals surface area contributed by atoms with E-state index in [1.807, 2.05) is 6.92 Å². The molecular formula is C13H15N3O3. The number of carbonyl (C=O) groups excluding carboxylic acids is 2. The number of aryl methyl sites for hydroxylation is 1. The Morgan fingerprint density at radius 2 is 2.00 bits per heavy atom. The number of anilines is 1. The van der Waals surface area contributed by atoms with Crippen molar-refractivity contribution >= 4 is 23.1 Å². The van der Waals surface area contributed by atoms with Gasteiger partial charge in [-0.1, -0.05) is 0 Å². The number of rotatable bonds is 4. The van der Waals surface area contributed by atoms with Gasteiger partial charge in [0.25, 0.3) is 0 Å². The highest BCUT2D eigenvalue weighted by molar-refractivity contribution is 6.65. The lowest BCUT2D eigenvalue weighted by Gasteiger charge is -2.17. The minimum absolute atomic E-state index is 0.502. The van der Waals surface area contributed by atoms with Crippen LogP contribution in [0.25, 0.3) is 5.53 Å². The van der Waals surface area contributed by atoms with Gasteiger partial charge in [-0.3, -0.25) is 9.59 Å². The number of Topliss-reactive ketones (excluding diaryl/α,β-unsaturated/α-hetero) is 1. The molecule has 0 atom stereocenters. The Hall–Kier alpha value is -2.46. The highest BCUT2D eigenvalue weighted by Crippen LogP contribution is 2.24. The molecule has 19 heavy (non-hydrogen) atoms. The van der Waals surface area contributed by atoms with Crippen molar-refractivity contribution in [1.29, 1.82) is 0 Å². The van der Waals surface area contributed by atoms with E-state index in [1.54, 1.807) is 25.3 Å². The number of amides is 1. The van der Waals surface area contributed by atoms with E-state index < -0.39 is 17.4 Å². The van der Waals surface area contributed by atoms with Gasteiger partial charge in [0, 0.05) is 19.7 Å². The van der Waals surface area contributed by atoms with Crippen LogP contribution in [0.4, 0.5) is 5.69 Å². The van der Waals surface area contributed by atoms with Crippen molar-refractivity contribution in [3.05, 3.63) is 29.3 Å². The lowest BCUT2D eigenvalue weighted by atomic mass is 10.1. The number of nitrogens with zero attached hydrogens (tertiary/aromatic N) is 3. The number of methoxy groups -OCH3 is 1. The molecule has 0 aliphatic rings. The number of carbonyl (C=O) groups is 2. The Bertz CT molecular complexity index is 574. The first-order valence-electron chi connectivity index (χ1n) is 5.58. The summed E-state index contributed by atoms with van der Waals surface area (Å²) in [5, 5.41) is 0. The number of hydrogen-bond donors (Lipinski definition) is 0. The van der Waals surface area contributed by atoms with Crippen LogP contribution in [-0.4, -0.2) is 36.3 Å². The quantitative estimate of drug-likeness (QED) is 0.353. The SMILES string of the molecule is COc1ccc(N(C)C(=O)C(=[N+]=[N-])C(C)=O)c(C)c1. The summed E-state index contributed by atoms with van der Waals surface area (Å²) >= 11 is 0. The molecule has 6 nitrogen and oxygen atoms in total.